The van der Waals surface area contributed by atoms with E-state index in [9.17, 15) is 9.59 Å². The third-order valence-corrected chi connectivity index (χ3v) is 5.90. The summed E-state index contributed by atoms with van der Waals surface area (Å²) in [6.45, 7) is 7.52. The van der Waals surface area contributed by atoms with Crippen LogP contribution < -0.4 is 0 Å². The molecule has 1 unspecified atom stereocenters. The van der Waals surface area contributed by atoms with E-state index in [-0.39, 0.29) is 17.1 Å². The SMILES string of the molecule is CC1(C)[C@@H]2CC(C=O)C(=O)[C@@]2(C)CCC12OCCO2. The highest BCUT2D eigenvalue weighted by Gasteiger charge is 2.67. The van der Waals surface area contributed by atoms with Crippen molar-refractivity contribution in [3.8, 4) is 0 Å². The number of carbonyl (C=O) groups excluding carboxylic acids is 2. The highest BCUT2D eigenvalue weighted by atomic mass is 16.7. The van der Waals surface area contributed by atoms with Crippen LogP contribution >= 0.6 is 0 Å². The molecule has 3 atom stereocenters. The fourth-order valence-corrected chi connectivity index (χ4v) is 4.71. The van der Waals surface area contributed by atoms with Crippen molar-refractivity contribution in [1.29, 1.82) is 0 Å². The van der Waals surface area contributed by atoms with Crippen molar-refractivity contribution in [2.75, 3.05) is 13.2 Å². The van der Waals surface area contributed by atoms with Crippen LogP contribution in [-0.4, -0.2) is 31.1 Å². The van der Waals surface area contributed by atoms with Gasteiger partial charge in [0.25, 0.3) is 0 Å². The van der Waals surface area contributed by atoms with Crippen molar-refractivity contribution in [3.05, 3.63) is 0 Å². The Morgan fingerprint density at radius 1 is 1.16 bits per heavy atom. The summed E-state index contributed by atoms with van der Waals surface area (Å²) in [6, 6.07) is 0. The second-order valence-electron chi connectivity index (χ2n) is 6.98. The number of ketones is 1. The fourth-order valence-electron chi connectivity index (χ4n) is 4.71. The van der Waals surface area contributed by atoms with E-state index in [1.165, 1.54) is 0 Å². The van der Waals surface area contributed by atoms with Gasteiger partial charge in [-0.15, -0.1) is 0 Å². The Labute approximate surface area is 113 Å². The number of carbonyl (C=O) groups is 2. The van der Waals surface area contributed by atoms with Crippen molar-refractivity contribution in [3.63, 3.8) is 0 Å². The third-order valence-electron chi connectivity index (χ3n) is 5.90. The van der Waals surface area contributed by atoms with Gasteiger partial charge in [0.2, 0.25) is 0 Å². The average Bonchev–Trinajstić information content (AvgIpc) is 2.93. The van der Waals surface area contributed by atoms with Crippen LogP contribution in [0.2, 0.25) is 0 Å². The molecule has 1 saturated heterocycles. The van der Waals surface area contributed by atoms with E-state index in [2.05, 4.69) is 13.8 Å². The normalized spacial score (nSPS) is 43.4. The lowest BCUT2D eigenvalue weighted by atomic mass is 9.55. The largest absolute Gasteiger partial charge is 0.347 e. The average molecular weight is 266 g/mol. The second kappa shape index (κ2) is 3.89. The van der Waals surface area contributed by atoms with Crippen LogP contribution in [0.25, 0.3) is 0 Å². The number of hydrogen-bond donors (Lipinski definition) is 0. The lowest BCUT2D eigenvalue weighted by molar-refractivity contribution is -0.276. The zero-order chi connectivity index (χ0) is 13.9. The number of fused-ring (bicyclic) bond motifs is 1. The van der Waals surface area contributed by atoms with Crippen molar-refractivity contribution < 1.29 is 19.1 Å². The Bertz CT molecular complexity index is 422. The quantitative estimate of drug-likeness (QED) is 0.538. The molecule has 1 heterocycles. The molecule has 0 radical (unpaired) electrons. The van der Waals surface area contributed by atoms with Gasteiger partial charge in [-0.05, 0) is 18.8 Å². The third kappa shape index (κ3) is 1.47. The molecule has 0 aromatic carbocycles. The highest BCUT2D eigenvalue weighted by Crippen LogP contribution is 2.63. The number of hydrogen-bond acceptors (Lipinski definition) is 4. The summed E-state index contributed by atoms with van der Waals surface area (Å²) in [7, 11) is 0. The lowest BCUT2D eigenvalue weighted by Gasteiger charge is -2.55. The Balaban J connectivity index is 2.01. The minimum absolute atomic E-state index is 0.119. The van der Waals surface area contributed by atoms with E-state index in [1.807, 2.05) is 6.92 Å². The summed E-state index contributed by atoms with van der Waals surface area (Å²) < 4.78 is 11.9. The Morgan fingerprint density at radius 2 is 1.79 bits per heavy atom. The molecule has 0 amide bonds. The maximum Gasteiger partial charge on any atom is 0.173 e. The van der Waals surface area contributed by atoms with Gasteiger partial charge < -0.3 is 14.3 Å². The van der Waals surface area contributed by atoms with Crippen LogP contribution in [0.1, 0.15) is 40.0 Å². The first-order chi connectivity index (χ1) is 8.87. The Morgan fingerprint density at radius 3 is 2.37 bits per heavy atom. The molecule has 4 heteroatoms. The second-order valence-corrected chi connectivity index (χ2v) is 6.98. The van der Waals surface area contributed by atoms with Gasteiger partial charge in [0.1, 0.15) is 12.1 Å². The van der Waals surface area contributed by atoms with Crippen molar-refractivity contribution in [2.24, 2.45) is 22.7 Å². The molecule has 0 aromatic rings. The molecule has 3 fully saturated rings. The zero-order valence-corrected chi connectivity index (χ0v) is 11.9. The number of Topliss-reactive ketones (excluding diaryl/α,β-unsaturated/α-hetero) is 1. The molecule has 0 N–H and O–H groups in total. The first kappa shape index (κ1) is 13.3. The van der Waals surface area contributed by atoms with E-state index in [0.29, 0.717) is 19.6 Å². The standard InChI is InChI=1S/C15H22O4/c1-13(2)11-8-10(9-16)12(17)14(11,3)4-5-15(13)18-6-7-19-15/h9-11H,4-8H2,1-3H3/t10?,11-,14-/m0/s1. The smallest absolute Gasteiger partial charge is 0.173 e. The molecule has 0 aromatic heterocycles. The molecule has 0 bridgehead atoms. The number of ether oxygens (including phenoxy) is 2. The summed E-state index contributed by atoms with van der Waals surface area (Å²) in [5.41, 5.74) is -0.639. The number of rotatable bonds is 1. The molecule has 2 aliphatic carbocycles. The van der Waals surface area contributed by atoms with Crippen LogP contribution in [0, 0.1) is 22.7 Å². The van der Waals surface area contributed by atoms with Gasteiger partial charge in [0.05, 0.1) is 19.1 Å². The van der Waals surface area contributed by atoms with Gasteiger partial charge in [-0.3, -0.25) is 4.79 Å². The van der Waals surface area contributed by atoms with Crippen LogP contribution in [0.5, 0.6) is 0 Å². The Kier molecular flexibility index (Phi) is 2.71. The van der Waals surface area contributed by atoms with Crippen LogP contribution in [0.15, 0.2) is 0 Å². The maximum atomic E-state index is 12.5. The highest BCUT2D eigenvalue weighted by molar-refractivity contribution is 5.99. The topological polar surface area (TPSA) is 52.6 Å². The van der Waals surface area contributed by atoms with Crippen LogP contribution in [0.3, 0.4) is 0 Å². The maximum absolute atomic E-state index is 12.5. The fraction of sp³-hybridized carbons (Fsp3) is 0.867. The summed E-state index contributed by atoms with van der Waals surface area (Å²) >= 11 is 0. The molecule has 2 saturated carbocycles. The van der Waals surface area contributed by atoms with E-state index >= 15 is 0 Å². The van der Waals surface area contributed by atoms with E-state index < -0.39 is 17.1 Å². The molecule has 1 spiro atoms. The predicted octanol–water partition coefficient (Wildman–Crippen LogP) is 1.96. The first-order valence-corrected chi connectivity index (χ1v) is 7.15. The minimum Gasteiger partial charge on any atom is -0.347 e. The summed E-state index contributed by atoms with van der Waals surface area (Å²) in [5.74, 6) is -0.733. The number of aldehydes is 1. The first-order valence-electron chi connectivity index (χ1n) is 7.15. The van der Waals surface area contributed by atoms with Crippen LogP contribution in [0.4, 0.5) is 0 Å². The van der Waals surface area contributed by atoms with Gasteiger partial charge in [0, 0.05) is 17.3 Å². The predicted molar refractivity (Wildman–Crippen MR) is 68.4 cm³/mol. The summed E-state index contributed by atoms with van der Waals surface area (Å²) in [5, 5.41) is 0. The van der Waals surface area contributed by atoms with Gasteiger partial charge in [-0.1, -0.05) is 20.8 Å². The van der Waals surface area contributed by atoms with Crippen molar-refractivity contribution in [2.45, 2.75) is 45.8 Å². The van der Waals surface area contributed by atoms with E-state index in [1.54, 1.807) is 0 Å². The summed E-state index contributed by atoms with van der Waals surface area (Å²) in [4.78, 5) is 23.6. The molecule has 3 aliphatic rings. The molecular weight excluding hydrogens is 244 g/mol. The monoisotopic (exact) mass is 266 g/mol. The minimum atomic E-state index is -0.560. The van der Waals surface area contributed by atoms with Crippen molar-refractivity contribution >= 4 is 12.1 Å². The zero-order valence-electron chi connectivity index (χ0n) is 11.9. The van der Waals surface area contributed by atoms with Gasteiger partial charge in [0.15, 0.2) is 5.79 Å². The van der Waals surface area contributed by atoms with Gasteiger partial charge in [-0.2, -0.15) is 0 Å². The molecule has 106 valence electrons. The Hall–Kier alpha value is -0.740. The molecular formula is C15H22O4. The molecule has 3 rings (SSSR count). The van der Waals surface area contributed by atoms with E-state index in [0.717, 1.165) is 19.1 Å². The molecule has 19 heavy (non-hydrogen) atoms. The van der Waals surface area contributed by atoms with E-state index in [4.69, 9.17) is 9.47 Å². The molecule has 4 nitrogen and oxygen atoms in total. The lowest BCUT2D eigenvalue weighted by Crippen LogP contribution is -2.58. The van der Waals surface area contributed by atoms with Gasteiger partial charge in [-0.25, -0.2) is 0 Å². The molecule has 1 aliphatic heterocycles. The summed E-state index contributed by atoms with van der Waals surface area (Å²) in [6.07, 6.45) is 2.96. The van der Waals surface area contributed by atoms with Crippen LogP contribution in [-0.2, 0) is 19.1 Å². The van der Waals surface area contributed by atoms with Crippen molar-refractivity contribution in [1.82, 2.24) is 0 Å². The van der Waals surface area contributed by atoms with Gasteiger partial charge >= 0.3 is 0 Å².